The summed E-state index contributed by atoms with van der Waals surface area (Å²) < 4.78 is 1.78. The standard InChI is InChI=1S/C11H12N2O/c1-3-10-9-6-4-5-8(7-14)11(9)13(2)12-10/h4-7H,3H2,1-2H3. The average Bonchev–Trinajstić information content (AvgIpc) is 2.55. The van der Waals surface area contributed by atoms with Crippen LogP contribution >= 0.6 is 0 Å². The van der Waals surface area contributed by atoms with Crippen molar-refractivity contribution in [2.24, 2.45) is 7.05 Å². The molecule has 0 aliphatic rings. The molecule has 0 amide bonds. The second-order valence-corrected chi connectivity index (χ2v) is 3.29. The minimum atomic E-state index is 0.706. The summed E-state index contributed by atoms with van der Waals surface area (Å²) in [6.45, 7) is 2.06. The van der Waals surface area contributed by atoms with Crippen molar-refractivity contribution in [1.29, 1.82) is 0 Å². The fourth-order valence-electron chi connectivity index (χ4n) is 1.80. The van der Waals surface area contributed by atoms with E-state index < -0.39 is 0 Å². The van der Waals surface area contributed by atoms with E-state index in [0.29, 0.717) is 5.56 Å². The van der Waals surface area contributed by atoms with Crippen molar-refractivity contribution in [3.8, 4) is 0 Å². The number of hydrogen-bond donors (Lipinski definition) is 0. The molecule has 2 aromatic rings. The Morgan fingerprint density at radius 2 is 2.29 bits per heavy atom. The zero-order valence-electron chi connectivity index (χ0n) is 8.32. The lowest BCUT2D eigenvalue weighted by Gasteiger charge is -1.96. The quantitative estimate of drug-likeness (QED) is 0.675. The maximum Gasteiger partial charge on any atom is 0.152 e. The molecule has 14 heavy (non-hydrogen) atoms. The Labute approximate surface area is 82.3 Å². The highest BCUT2D eigenvalue weighted by molar-refractivity contribution is 5.97. The molecule has 0 N–H and O–H groups in total. The molecule has 1 heterocycles. The number of carbonyl (C=O) groups is 1. The third kappa shape index (κ3) is 1.13. The molecule has 0 atom stereocenters. The number of aryl methyl sites for hydroxylation is 2. The molecule has 0 bridgehead atoms. The lowest BCUT2D eigenvalue weighted by molar-refractivity contribution is 0.112. The van der Waals surface area contributed by atoms with Gasteiger partial charge in [-0.25, -0.2) is 0 Å². The summed E-state index contributed by atoms with van der Waals surface area (Å²) >= 11 is 0. The van der Waals surface area contributed by atoms with Crippen LogP contribution in [0.15, 0.2) is 18.2 Å². The summed E-state index contributed by atoms with van der Waals surface area (Å²) in [4.78, 5) is 10.8. The van der Waals surface area contributed by atoms with Gasteiger partial charge in [0.05, 0.1) is 11.2 Å². The van der Waals surface area contributed by atoms with Crippen LogP contribution in [0.25, 0.3) is 10.9 Å². The van der Waals surface area contributed by atoms with E-state index in [1.54, 1.807) is 4.68 Å². The van der Waals surface area contributed by atoms with Gasteiger partial charge < -0.3 is 0 Å². The summed E-state index contributed by atoms with van der Waals surface area (Å²) in [5.41, 5.74) is 2.68. The van der Waals surface area contributed by atoms with Gasteiger partial charge >= 0.3 is 0 Å². The molecule has 0 radical (unpaired) electrons. The zero-order valence-corrected chi connectivity index (χ0v) is 8.32. The van der Waals surface area contributed by atoms with Crippen LogP contribution in [-0.2, 0) is 13.5 Å². The first-order valence-corrected chi connectivity index (χ1v) is 4.67. The predicted molar refractivity (Wildman–Crippen MR) is 55.5 cm³/mol. The second-order valence-electron chi connectivity index (χ2n) is 3.29. The van der Waals surface area contributed by atoms with Crippen LogP contribution < -0.4 is 0 Å². The highest BCUT2D eigenvalue weighted by atomic mass is 16.1. The zero-order chi connectivity index (χ0) is 10.1. The van der Waals surface area contributed by atoms with Crippen LogP contribution in [0.3, 0.4) is 0 Å². The minimum absolute atomic E-state index is 0.706. The molecule has 0 aliphatic heterocycles. The van der Waals surface area contributed by atoms with E-state index in [-0.39, 0.29) is 0 Å². The van der Waals surface area contributed by atoms with Crippen LogP contribution in [-0.4, -0.2) is 16.1 Å². The molecule has 3 nitrogen and oxygen atoms in total. The summed E-state index contributed by atoms with van der Waals surface area (Å²) in [6, 6.07) is 5.72. The summed E-state index contributed by atoms with van der Waals surface area (Å²) in [6.07, 6.45) is 1.77. The first-order chi connectivity index (χ1) is 6.77. The van der Waals surface area contributed by atoms with E-state index in [1.165, 1.54) is 0 Å². The Balaban J connectivity index is 2.87. The smallest absolute Gasteiger partial charge is 0.152 e. The number of aromatic nitrogens is 2. The maximum absolute atomic E-state index is 10.8. The van der Waals surface area contributed by atoms with Crippen molar-refractivity contribution in [3.05, 3.63) is 29.5 Å². The predicted octanol–water partition coefficient (Wildman–Crippen LogP) is 1.95. The Morgan fingerprint density at radius 3 is 2.93 bits per heavy atom. The molecule has 0 fully saturated rings. The van der Waals surface area contributed by atoms with E-state index >= 15 is 0 Å². The molecule has 1 aromatic heterocycles. The Kier molecular flexibility index (Phi) is 2.08. The maximum atomic E-state index is 10.8. The minimum Gasteiger partial charge on any atom is -0.298 e. The molecule has 0 aliphatic carbocycles. The molecule has 2 rings (SSSR count). The van der Waals surface area contributed by atoms with Gasteiger partial charge in [-0.15, -0.1) is 0 Å². The van der Waals surface area contributed by atoms with Crippen molar-refractivity contribution in [2.45, 2.75) is 13.3 Å². The van der Waals surface area contributed by atoms with E-state index in [4.69, 9.17) is 0 Å². The average molecular weight is 188 g/mol. The largest absolute Gasteiger partial charge is 0.298 e. The fraction of sp³-hybridized carbons (Fsp3) is 0.273. The molecular weight excluding hydrogens is 176 g/mol. The van der Waals surface area contributed by atoms with Gasteiger partial charge in [-0.05, 0) is 12.5 Å². The van der Waals surface area contributed by atoms with Gasteiger partial charge in [-0.3, -0.25) is 9.48 Å². The highest BCUT2D eigenvalue weighted by Crippen LogP contribution is 2.20. The Morgan fingerprint density at radius 1 is 1.50 bits per heavy atom. The van der Waals surface area contributed by atoms with Crippen molar-refractivity contribution < 1.29 is 4.79 Å². The van der Waals surface area contributed by atoms with Crippen molar-refractivity contribution in [3.63, 3.8) is 0 Å². The van der Waals surface area contributed by atoms with Gasteiger partial charge in [0.2, 0.25) is 0 Å². The SMILES string of the molecule is CCc1nn(C)c2c(C=O)cccc12. The number of rotatable bonds is 2. The van der Waals surface area contributed by atoms with Gasteiger partial charge in [-0.2, -0.15) is 5.10 Å². The molecule has 1 aromatic carbocycles. The summed E-state index contributed by atoms with van der Waals surface area (Å²) in [5, 5.41) is 5.46. The lowest BCUT2D eigenvalue weighted by Crippen LogP contribution is -1.93. The molecule has 0 saturated carbocycles. The number of hydrogen-bond acceptors (Lipinski definition) is 2. The van der Waals surface area contributed by atoms with Crippen molar-refractivity contribution >= 4 is 17.2 Å². The third-order valence-electron chi connectivity index (χ3n) is 2.43. The topological polar surface area (TPSA) is 34.9 Å². The second kappa shape index (κ2) is 3.25. The van der Waals surface area contributed by atoms with Crippen LogP contribution in [0.2, 0.25) is 0 Å². The molecule has 0 saturated heterocycles. The van der Waals surface area contributed by atoms with Gasteiger partial charge in [0.15, 0.2) is 6.29 Å². The van der Waals surface area contributed by atoms with E-state index in [0.717, 1.165) is 29.3 Å². The molecule has 72 valence electrons. The first kappa shape index (κ1) is 8.94. The van der Waals surface area contributed by atoms with Gasteiger partial charge in [0, 0.05) is 18.0 Å². The monoisotopic (exact) mass is 188 g/mol. The van der Waals surface area contributed by atoms with E-state index in [1.807, 2.05) is 25.2 Å². The summed E-state index contributed by atoms with van der Waals surface area (Å²) in [5.74, 6) is 0. The van der Waals surface area contributed by atoms with Crippen molar-refractivity contribution in [1.82, 2.24) is 9.78 Å². The molecular formula is C11H12N2O. The fourth-order valence-corrected chi connectivity index (χ4v) is 1.80. The van der Waals surface area contributed by atoms with Crippen LogP contribution in [0, 0.1) is 0 Å². The highest BCUT2D eigenvalue weighted by Gasteiger charge is 2.09. The van der Waals surface area contributed by atoms with Crippen LogP contribution in [0.5, 0.6) is 0 Å². The van der Waals surface area contributed by atoms with E-state index in [9.17, 15) is 4.79 Å². The van der Waals surface area contributed by atoms with Gasteiger partial charge in [-0.1, -0.05) is 19.1 Å². The number of benzene rings is 1. The number of aldehydes is 1. The number of fused-ring (bicyclic) bond motifs is 1. The normalized spacial score (nSPS) is 10.7. The summed E-state index contributed by atoms with van der Waals surface area (Å²) in [7, 11) is 1.87. The number of nitrogens with zero attached hydrogens (tertiary/aromatic N) is 2. The van der Waals surface area contributed by atoms with Gasteiger partial charge in [0.1, 0.15) is 0 Å². The third-order valence-corrected chi connectivity index (χ3v) is 2.43. The first-order valence-electron chi connectivity index (χ1n) is 4.67. The Hall–Kier alpha value is -1.64. The van der Waals surface area contributed by atoms with Crippen LogP contribution in [0.1, 0.15) is 23.0 Å². The Bertz CT molecular complexity index is 485. The molecule has 0 spiro atoms. The van der Waals surface area contributed by atoms with Crippen molar-refractivity contribution in [2.75, 3.05) is 0 Å². The van der Waals surface area contributed by atoms with Gasteiger partial charge in [0.25, 0.3) is 0 Å². The number of para-hydroxylation sites is 1. The van der Waals surface area contributed by atoms with E-state index in [2.05, 4.69) is 12.0 Å². The molecule has 0 unspecified atom stereocenters. The molecule has 3 heteroatoms. The lowest BCUT2D eigenvalue weighted by atomic mass is 10.1. The van der Waals surface area contributed by atoms with Crippen LogP contribution in [0.4, 0.5) is 0 Å². The number of carbonyl (C=O) groups excluding carboxylic acids is 1.